The molecule has 0 aromatic heterocycles. The summed E-state index contributed by atoms with van der Waals surface area (Å²) in [5.41, 5.74) is 0.450. The third kappa shape index (κ3) is 2.52. The SMILES string of the molecule is CCC(O)CC1C(C)=CC2CCCCC2C1(C)C(=O)O. The first-order valence-corrected chi connectivity index (χ1v) is 8.01. The highest BCUT2D eigenvalue weighted by molar-refractivity contribution is 5.76. The Morgan fingerprint density at radius 2 is 2.10 bits per heavy atom. The van der Waals surface area contributed by atoms with Crippen LogP contribution in [0, 0.1) is 23.2 Å². The minimum atomic E-state index is -0.722. The van der Waals surface area contributed by atoms with E-state index < -0.39 is 17.5 Å². The Morgan fingerprint density at radius 3 is 2.70 bits per heavy atom. The molecular weight excluding hydrogens is 252 g/mol. The van der Waals surface area contributed by atoms with Gasteiger partial charge in [0.05, 0.1) is 11.5 Å². The largest absolute Gasteiger partial charge is 0.481 e. The predicted octanol–water partition coefficient (Wildman–Crippen LogP) is 3.62. The Labute approximate surface area is 122 Å². The number of hydrogen-bond acceptors (Lipinski definition) is 2. The highest BCUT2D eigenvalue weighted by Gasteiger charge is 2.53. The lowest BCUT2D eigenvalue weighted by atomic mass is 9.53. The Balaban J connectivity index is 2.38. The monoisotopic (exact) mass is 280 g/mol. The number of carboxylic acids is 1. The number of aliphatic hydroxyl groups excluding tert-OH is 1. The second kappa shape index (κ2) is 5.88. The summed E-state index contributed by atoms with van der Waals surface area (Å²) in [6, 6.07) is 0. The average molecular weight is 280 g/mol. The Kier molecular flexibility index (Phi) is 4.58. The average Bonchev–Trinajstić information content (AvgIpc) is 2.42. The van der Waals surface area contributed by atoms with Gasteiger partial charge in [0.2, 0.25) is 0 Å². The number of rotatable bonds is 4. The molecule has 0 aromatic rings. The zero-order valence-corrected chi connectivity index (χ0v) is 12.9. The Morgan fingerprint density at radius 1 is 1.45 bits per heavy atom. The van der Waals surface area contributed by atoms with Gasteiger partial charge in [-0.2, -0.15) is 0 Å². The van der Waals surface area contributed by atoms with Crippen molar-refractivity contribution in [2.24, 2.45) is 23.2 Å². The van der Waals surface area contributed by atoms with Gasteiger partial charge in [0.15, 0.2) is 0 Å². The molecule has 2 aliphatic carbocycles. The van der Waals surface area contributed by atoms with Crippen LogP contribution in [0.4, 0.5) is 0 Å². The molecule has 20 heavy (non-hydrogen) atoms. The molecule has 0 aromatic carbocycles. The van der Waals surface area contributed by atoms with Crippen LogP contribution in [0.3, 0.4) is 0 Å². The first-order chi connectivity index (χ1) is 9.41. The minimum Gasteiger partial charge on any atom is -0.481 e. The fourth-order valence-corrected chi connectivity index (χ4v) is 4.47. The molecule has 0 amide bonds. The summed E-state index contributed by atoms with van der Waals surface area (Å²) < 4.78 is 0. The third-order valence-electron chi connectivity index (χ3n) is 5.78. The zero-order chi connectivity index (χ0) is 14.9. The molecule has 5 atom stereocenters. The normalized spacial score (nSPS) is 38.8. The van der Waals surface area contributed by atoms with Gasteiger partial charge in [0.1, 0.15) is 0 Å². The van der Waals surface area contributed by atoms with E-state index in [9.17, 15) is 15.0 Å². The number of carboxylic acid groups (broad SMARTS) is 1. The lowest BCUT2D eigenvalue weighted by Crippen LogP contribution is -2.50. The van der Waals surface area contributed by atoms with Crippen molar-refractivity contribution < 1.29 is 15.0 Å². The van der Waals surface area contributed by atoms with E-state index >= 15 is 0 Å². The van der Waals surface area contributed by atoms with E-state index in [4.69, 9.17) is 0 Å². The van der Waals surface area contributed by atoms with Crippen molar-refractivity contribution >= 4 is 5.97 Å². The number of aliphatic carboxylic acids is 1. The van der Waals surface area contributed by atoms with Crippen LogP contribution in [0.25, 0.3) is 0 Å². The predicted molar refractivity (Wildman–Crippen MR) is 79.4 cm³/mol. The first kappa shape index (κ1) is 15.6. The maximum atomic E-state index is 12.0. The van der Waals surface area contributed by atoms with Gasteiger partial charge >= 0.3 is 5.97 Å². The molecular formula is C17H28O3. The summed E-state index contributed by atoms with van der Waals surface area (Å²) in [6.45, 7) is 5.93. The van der Waals surface area contributed by atoms with Crippen molar-refractivity contribution in [3.8, 4) is 0 Å². The molecule has 2 aliphatic rings. The first-order valence-electron chi connectivity index (χ1n) is 8.01. The van der Waals surface area contributed by atoms with Gasteiger partial charge < -0.3 is 10.2 Å². The third-order valence-corrected chi connectivity index (χ3v) is 5.78. The molecule has 0 aliphatic heterocycles. The van der Waals surface area contributed by atoms with Crippen molar-refractivity contribution in [3.63, 3.8) is 0 Å². The van der Waals surface area contributed by atoms with Crippen LogP contribution in [0.1, 0.15) is 59.3 Å². The maximum Gasteiger partial charge on any atom is 0.310 e. The molecule has 0 spiro atoms. The zero-order valence-electron chi connectivity index (χ0n) is 12.9. The van der Waals surface area contributed by atoms with Crippen molar-refractivity contribution in [3.05, 3.63) is 11.6 Å². The van der Waals surface area contributed by atoms with Gasteiger partial charge in [-0.25, -0.2) is 0 Å². The fraction of sp³-hybridized carbons (Fsp3) is 0.824. The molecule has 3 heteroatoms. The second-order valence-corrected chi connectivity index (χ2v) is 6.90. The van der Waals surface area contributed by atoms with E-state index in [0.717, 1.165) is 19.3 Å². The van der Waals surface area contributed by atoms with E-state index in [0.29, 0.717) is 18.8 Å². The molecule has 5 unspecified atom stereocenters. The fourth-order valence-electron chi connectivity index (χ4n) is 4.47. The van der Waals surface area contributed by atoms with E-state index in [1.807, 2.05) is 13.8 Å². The minimum absolute atomic E-state index is 0.0331. The van der Waals surface area contributed by atoms with Gasteiger partial charge in [0, 0.05) is 0 Å². The van der Waals surface area contributed by atoms with Gasteiger partial charge in [-0.15, -0.1) is 0 Å². The van der Waals surface area contributed by atoms with Crippen LogP contribution in [0.5, 0.6) is 0 Å². The van der Waals surface area contributed by atoms with Crippen LogP contribution in [-0.2, 0) is 4.79 Å². The number of fused-ring (bicyclic) bond motifs is 1. The quantitative estimate of drug-likeness (QED) is 0.773. The Hall–Kier alpha value is -0.830. The van der Waals surface area contributed by atoms with E-state index in [-0.39, 0.29) is 11.8 Å². The molecule has 2 N–H and O–H groups in total. The standard InChI is InChI=1S/C17H28O3/c1-4-13(18)10-15-11(2)9-12-7-5-6-8-14(12)17(15,3)16(19)20/h9,12-15,18H,4-8,10H2,1-3H3,(H,19,20). The summed E-state index contributed by atoms with van der Waals surface area (Å²) in [6.07, 6.45) is 7.65. The lowest BCUT2D eigenvalue weighted by molar-refractivity contribution is -0.159. The topological polar surface area (TPSA) is 57.5 Å². The molecule has 1 saturated carbocycles. The van der Waals surface area contributed by atoms with Crippen molar-refractivity contribution in [2.45, 2.75) is 65.4 Å². The smallest absolute Gasteiger partial charge is 0.310 e. The van der Waals surface area contributed by atoms with Crippen LogP contribution < -0.4 is 0 Å². The molecule has 1 fully saturated rings. The van der Waals surface area contributed by atoms with Crippen molar-refractivity contribution in [2.75, 3.05) is 0 Å². The highest BCUT2D eigenvalue weighted by atomic mass is 16.4. The summed E-state index contributed by atoms with van der Waals surface area (Å²) in [7, 11) is 0. The van der Waals surface area contributed by atoms with Crippen LogP contribution >= 0.6 is 0 Å². The molecule has 3 nitrogen and oxygen atoms in total. The van der Waals surface area contributed by atoms with E-state index in [1.165, 1.54) is 12.0 Å². The van der Waals surface area contributed by atoms with Crippen LogP contribution in [0.15, 0.2) is 11.6 Å². The van der Waals surface area contributed by atoms with Crippen molar-refractivity contribution in [1.29, 1.82) is 0 Å². The summed E-state index contributed by atoms with van der Waals surface area (Å²) in [4.78, 5) is 12.0. The second-order valence-electron chi connectivity index (χ2n) is 6.90. The summed E-state index contributed by atoms with van der Waals surface area (Å²) >= 11 is 0. The number of hydrogen-bond donors (Lipinski definition) is 2. The van der Waals surface area contributed by atoms with Crippen LogP contribution in [0.2, 0.25) is 0 Å². The number of aliphatic hydroxyl groups is 1. The molecule has 0 heterocycles. The molecule has 0 bridgehead atoms. The van der Waals surface area contributed by atoms with Gasteiger partial charge in [-0.3, -0.25) is 4.79 Å². The van der Waals surface area contributed by atoms with Crippen molar-refractivity contribution in [1.82, 2.24) is 0 Å². The van der Waals surface area contributed by atoms with Gasteiger partial charge in [-0.1, -0.05) is 31.4 Å². The van der Waals surface area contributed by atoms with Crippen LogP contribution in [-0.4, -0.2) is 22.3 Å². The molecule has 114 valence electrons. The maximum absolute atomic E-state index is 12.0. The number of allylic oxidation sites excluding steroid dienone is 2. The van der Waals surface area contributed by atoms with Gasteiger partial charge in [-0.05, 0) is 57.3 Å². The molecule has 0 saturated heterocycles. The summed E-state index contributed by atoms with van der Waals surface area (Å²) in [5.74, 6) is -0.0733. The van der Waals surface area contributed by atoms with E-state index in [2.05, 4.69) is 13.0 Å². The lowest BCUT2D eigenvalue weighted by Gasteiger charge is -2.50. The number of carbonyl (C=O) groups is 1. The highest BCUT2D eigenvalue weighted by Crippen LogP contribution is 2.54. The molecule has 2 rings (SSSR count). The van der Waals surface area contributed by atoms with Gasteiger partial charge in [0.25, 0.3) is 0 Å². The summed E-state index contributed by atoms with van der Waals surface area (Å²) in [5, 5.41) is 19.9. The molecule has 0 radical (unpaired) electrons. The Bertz CT molecular complexity index is 401. The van der Waals surface area contributed by atoms with E-state index in [1.54, 1.807) is 0 Å².